The van der Waals surface area contributed by atoms with Crippen LogP contribution < -0.4 is 5.32 Å². The van der Waals surface area contributed by atoms with E-state index in [0.29, 0.717) is 0 Å². The van der Waals surface area contributed by atoms with Gasteiger partial charge >= 0.3 is 5.97 Å². The zero-order valence-electron chi connectivity index (χ0n) is 10.5. The van der Waals surface area contributed by atoms with Gasteiger partial charge in [-0.2, -0.15) is 5.10 Å². The summed E-state index contributed by atoms with van der Waals surface area (Å²) in [5.41, 5.74) is 1.14. The van der Waals surface area contributed by atoms with Gasteiger partial charge in [-0.1, -0.05) is 0 Å². The summed E-state index contributed by atoms with van der Waals surface area (Å²) in [4.78, 5) is 11.5. The van der Waals surface area contributed by atoms with Crippen molar-refractivity contribution in [1.29, 1.82) is 0 Å². The Labute approximate surface area is 101 Å². The Morgan fingerprint density at radius 3 is 3.00 bits per heavy atom. The van der Waals surface area contributed by atoms with E-state index in [1.54, 1.807) is 0 Å². The molecule has 0 aliphatic carbocycles. The van der Waals surface area contributed by atoms with E-state index in [1.165, 1.54) is 0 Å². The number of aryl methyl sites for hydroxylation is 1. The number of hydrogen-bond acceptors (Lipinski definition) is 4. The number of carbonyl (C=O) groups is 1. The third-order valence-corrected chi connectivity index (χ3v) is 2.88. The summed E-state index contributed by atoms with van der Waals surface area (Å²) in [7, 11) is 0. The Bertz CT molecular complexity index is 402. The smallest absolute Gasteiger partial charge is 0.323 e. The lowest BCUT2D eigenvalue weighted by molar-refractivity contribution is -0.142. The molecule has 2 rings (SSSR count). The largest absolute Gasteiger partial charge is 0.461 e. The molecule has 1 aliphatic rings. The van der Waals surface area contributed by atoms with E-state index in [1.807, 2.05) is 37.8 Å². The molecule has 1 N–H and O–H groups in total. The Kier molecular flexibility index (Phi) is 3.47. The number of hydrogen-bond donors (Lipinski definition) is 1. The van der Waals surface area contributed by atoms with Crippen molar-refractivity contribution in [3.05, 3.63) is 18.0 Å². The van der Waals surface area contributed by atoms with Crippen LogP contribution in [0.15, 0.2) is 12.4 Å². The average molecular weight is 237 g/mol. The SMILES string of the molecule is Cc1cnn(CC(C)NC2CC(C)OC2=O)c1. The van der Waals surface area contributed by atoms with E-state index in [-0.39, 0.29) is 24.2 Å². The molecule has 1 aliphatic heterocycles. The molecule has 1 aromatic rings. The number of carbonyl (C=O) groups excluding carboxylic acids is 1. The van der Waals surface area contributed by atoms with Gasteiger partial charge in [-0.15, -0.1) is 0 Å². The summed E-state index contributed by atoms with van der Waals surface area (Å²) < 4.78 is 6.99. The molecule has 0 aromatic carbocycles. The molecule has 1 saturated heterocycles. The molecule has 5 nitrogen and oxygen atoms in total. The number of nitrogens with zero attached hydrogens (tertiary/aromatic N) is 2. The standard InChI is InChI=1S/C12H19N3O2/c1-8-5-13-15(6-8)7-9(2)14-11-4-10(3)17-12(11)16/h5-6,9-11,14H,4,7H2,1-3H3. The lowest BCUT2D eigenvalue weighted by Crippen LogP contribution is -2.41. The first-order valence-corrected chi connectivity index (χ1v) is 6.00. The van der Waals surface area contributed by atoms with Gasteiger partial charge in [0.25, 0.3) is 0 Å². The van der Waals surface area contributed by atoms with Crippen molar-refractivity contribution >= 4 is 5.97 Å². The predicted molar refractivity (Wildman–Crippen MR) is 63.5 cm³/mol. The first kappa shape index (κ1) is 12.1. The van der Waals surface area contributed by atoms with E-state index in [9.17, 15) is 4.79 Å². The second kappa shape index (κ2) is 4.87. The fourth-order valence-electron chi connectivity index (χ4n) is 2.14. The third kappa shape index (κ3) is 3.06. The molecule has 1 aromatic heterocycles. The highest BCUT2D eigenvalue weighted by Crippen LogP contribution is 2.14. The molecule has 3 unspecified atom stereocenters. The number of rotatable bonds is 4. The van der Waals surface area contributed by atoms with Gasteiger partial charge in [0.1, 0.15) is 12.1 Å². The van der Waals surface area contributed by atoms with Gasteiger partial charge in [0, 0.05) is 18.7 Å². The van der Waals surface area contributed by atoms with Crippen LogP contribution in [-0.2, 0) is 16.1 Å². The van der Waals surface area contributed by atoms with Gasteiger partial charge in [0.2, 0.25) is 0 Å². The van der Waals surface area contributed by atoms with Crippen molar-refractivity contribution in [2.75, 3.05) is 0 Å². The maximum atomic E-state index is 11.5. The predicted octanol–water partition coefficient (Wildman–Crippen LogP) is 0.874. The fraction of sp³-hybridized carbons (Fsp3) is 0.667. The summed E-state index contributed by atoms with van der Waals surface area (Å²) in [6.45, 7) is 6.73. The first-order chi connectivity index (χ1) is 8.04. The molecule has 1 fully saturated rings. The molecule has 0 radical (unpaired) electrons. The molecule has 0 spiro atoms. The molecule has 5 heteroatoms. The van der Waals surface area contributed by atoms with Crippen molar-refractivity contribution in [1.82, 2.24) is 15.1 Å². The molecule has 0 amide bonds. The van der Waals surface area contributed by atoms with Crippen molar-refractivity contribution in [2.45, 2.75) is 51.9 Å². The Hall–Kier alpha value is -1.36. The van der Waals surface area contributed by atoms with Gasteiger partial charge < -0.3 is 4.74 Å². The van der Waals surface area contributed by atoms with Crippen molar-refractivity contribution in [2.24, 2.45) is 0 Å². The third-order valence-electron chi connectivity index (χ3n) is 2.88. The summed E-state index contributed by atoms with van der Waals surface area (Å²) in [6.07, 6.45) is 4.60. The molecule has 2 heterocycles. The van der Waals surface area contributed by atoms with Crippen LogP contribution in [0.25, 0.3) is 0 Å². The fourth-order valence-corrected chi connectivity index (χ4v) is 2.14. The normalized spacial score (nSPS) is 25.9. The van der Waals surface area contributed by atoms with Crippen LogP contribution in [0.2, 0.25) is 0 Å². The van der Waals surface area contributed by atoms with Crippen LogP contribution in [0.1, 0.15) is 25.8 Å². The van der Waals surface area contributed by atoms with E-state index < -0.39 is 0 Å². The van der Waals surface area contributed by atoms with Gasteiger partial charge in [-0.25, -0.2) is 0 Å². The number of cyclic esters (lactones) is 1. The maximum Gasteiger partial charge on any atom is 0.323 e. The molecular formula is C12H19N3O2. The highest BCUT2D eigenvalue weighted by Gasteiger charge is 2.32. The van der Waals surface area contributed by atoms with Crippen LogP contribution in [0, 0.1) is 6.92 Å². The lowest BCUT2D eigenvalue weighted by Gasteiger charge is -2.16. The molecule has 0 bridgehead atoms. The summed E-state index contributed by atoms with van der Waals surface area (Å²) in [5, 5.41) is 7.51. The van der Waals surface area contributed by atoms with Gasteiger partial charge in [0.05, 0.1) is 12.7 Å². The number of esters is 1. The van der Waals surface area contributed by atoms with Crippen molar-refractivity contribution in [3.63, 3.8) is 0 Å². The Morgan fingerprint density at radius 2 is 2.47 bits per heavy atom. The Morgan fingerprint density at radius 1 is 1.71 bits per heavy atom. The second-order valence-corrected chi connectivity index (χ2v) is 4.84. The van der Waals surface area contributed by atoms with Crippen LogP contribution in [0.4, 0.5) is 0 Å². The van der Waals surface area contributed by atoms with Crippen molar-refractivity contribution < 1.29 is 9.53 Å². The maximum absolute atomic E-state index is 11.5. The number of aromatic nitrogens is 2. The highest BCUT2D eigenvalue weighted by atomic mass is 16.6. The zero-order valence-corrected chi connectivity index (χ0v) is 10.5. The van der Waals surface area contributed by atoms with E-state index >= 15 is 0 Å². The van der Waals surface area contributed by atoms with E-state index in [4.69, 9.17) is 4.74 Å². The minimum absolute atomic E-state index is 0.0270. The molecule has 0 saturated carbocycles. The quantitative estimate of drug-likeness (QED) is 0.790. The lowest BCUT2D eigenvalue weighted by atomic mass is 10.1. The van der Waals surface area contributed by atoms with Crippen LogP contribution in [0.3, 0.4) is 0 Å². The summed E-state index contributed by atoms with van der Waals surface area (Å²) in [6, 6.07) is 0.0220. The monoisotopic (exact) mass is 237 g/mol. The molecule has 3 atom stereocenters. The molecular weight excluding hydrogens is 218 g/mol. The molecule has 17 heavy (non-hydrogen) atoms. The molecule has 94 valence electrons. The number of ether oxygens (including phenoxy) is 1. The first-order valence-electron chi connectivity index (χ1n) is 6.00. The van der Waals surface area contributed by atoms with Gasteiger partial charge in [-0.05, 0) is 26.3 Å². The summed E-state index contributed by atoms with van der Waals surface area (Å²) in [5.74, 6) is -0.138. The van der Waals surface area contributed by atoms with Crippen molar-refractivity contribution in [3.8, 4) is 0 Å². The van der Waals surface area contributed by atoms with Crippen LogP contribution in [-0.4, -0.2) is 33.9 Å². The minimum Gasteiger partial charge on any atom is -0.461 e. The van der Waals surface area contributed by atoms with Gasteiger partial charge in [0.15, 0.2) is 0 Å². The van der Waals surface area contributed by atoms with E-state index in [2.05, 4.69) is 10.4 Å². The number of nitrogens with one attached hydrogen (secondary N) is 1. The minimum atomic E-state index is -0.170. The van der Waals surface area contributed by atoms with E-state index in [0.717, 1.165) is 18.5 Å². The zero-order chi connectivity index (χ0) is 12.4. The second-order valence-electron chi connectivity index (χ2n) is 4.84. The van der Waals surface area contributed by atoms with Gasteiger partial charge in [-0.3, -0.25) is 14.8 Å². The van der Waals surface area contributed by atoms with Crippen LogP contribution >= 0.6 is 0 Å². The Balaban J connectivity index is 1.85. The summed E-state index contributed by atoms with van der Waals surface area (Å²) >= 11 is 0. The topological polar surface area (TPSA) is 56.1 Å². The van der Waals surface area contributed by atoms with Crippen LogP contribution in [0.5, 0.6) is 0 Å². The highest BCUT2D eigenvalue weighted by molar-refractivity contribution is 5.77. The average Bonchev–Trinajstić information content (AvgIpc) is 2.74.